The standard InChI is InChI=1S/C27H45INO5P/c1-2-3-4-5-6-7-8-9-10-11-12-13-14-15-16-17-27(30)29-26(23-34-35(31,32)33)22-24-18-20-25(28)21-19-24/h9-10,18-21,26,31-33H,2-8,11-17,22-23H2,1H3/p+1/b10-9-/t26-/m0/s1. The third-order valence-corrected chi connectivity index (χ3v) is 7.09. The van der Waals surface area contributed by atoms with Gasteiger partial charge in [-0.1, -0.05) is 82.6 Å². The van der Waals surface area contributed by atoms with Crippen LogP contribution in [0, 0.1) is 3.57 Å². The lowest BCUT2D eigenvalue weighted by Gasteiger charge is -2.18. The number of benzene rings is 1. The van der Waals surface area contributed by atoms with Gasteiger partial charge in [0.05, 0.1) is 6.04 Å². The number of rotatable bonds is 21. The van der Waals surface area contributed by atoms with Crippen molar-refractivity contribution in [3.63, 3.8) is 0 Å². The number of hydrogen-bond acceptors (Lipinski definition) is 5. The third kappa shape index (κ3) is 20.2. The molecule has 200 valence electrons. The molecule has 1 atom stereocenters. The first-order chi connectivity index (χ1) is 16.8. The fourth-order valence-electron chi connectivity index (χ4n) is 3.90. The highest BCUT2D eigenvalue weighted by molar-refractivity contribution is 14.1. The van der Waals surface area contributed by atoms with Crippen LogP contribution in [0.4, 0.5) is 0 Å². The van der Waals surface area contributed by atoms with Crippen molar-refractivity contribution in [3.05, 3.63) is 45.6 Å². The van der Waals surface area contributed by atoms with Gasteiger partial charge in [0.25, 0.3) is 0 Å². The molecule has 1 amide bonds. The molecule has 0 heterocycles. The summed E-state index contributed by atoms with van der Waals surface area (Å²) < 4.78 is 5.89. The molecule has 0 saturated heterocycles. The van der Waals surface area contributed by atoms with Gasteiger partial charge < -0.3 is 5.32 Å². The average Bonchev–Trinajstić information content (AvgIpc) is 2.81. The number of amides is 1. The second kappa shape index (κ2) is 20.5. The maximum Gasteiger partial charge on any atom is 0.567 e. The van der Waals surface area contributed by atoms with Crippen LogP contribution in [0.2, 0.25) is 0 Å². The molecule has 0 aromatic heterocycles. The Labute approximate surface area is 226 Å². The Hall–Kier alpha value is -0.570. The summed E-state index contributed by atoms with van der Waals surface area (Å²) in [7, 11) is -4.34. The molecule has 1 aromatic rings. The second-order valence-corrected chi connectivity index (χ2v) is 11.8. The lowest BCUT2D eigenvalue weighted by atomic mass is 10.1. The lowest BCUT2D eigenvalue weighted by molar-refractivity contribution is -0.122. The van der Waals surface area contributed by atoms with Gasteiger partial charge in [-0.15, -0.1) is 0 Å². The van der Waals surface area contributed by atoms with Crippen LogP contribution >= 0.6 is 30.8 Å². The van der Waals surface area contributed by atoms with E-state index in [-0.39, 0.29) is 12.5 Å². The molecule has 0 unspecified atom stereocenters. The van der Waals surface area contributed by atoms with Gasteiger partial charge in [-0.2, -0.15) is 19.2 Å². The lowest BCUT2D eigenvalue weighted by Crippen LogP contribution is -2.39. The average molecular weight is 623 g/mol. The smallest absolute Gasteiger partial charge is 0.351 e. The van der Waals surface area contributed by atoms with Crippen molar-refractivity contribution >= 4 is 36.7 Å². The maximum absolute atomic E-state index is 12.4. The second-order valence-electron chi connectivity index (χ2n) is 9.24. The molecule has 6 nitrogen and oxygen atoms in total. The van der Waals surface area contributed by atoms with Crippen LogP contribution in [0.1, 0.15) is 102 Å². The Morgan fingerprint density at radius 2 is 1.46 bits per heavy atom. The minimum absolute atomic E-state index is 0.0838. The highest BCUT2D eigenvalue weighted by Crippen LogP contribution is 2.45. The molecule has 0 spiro atoms. The SMILES string of the molecule is CCCCCCCC/C=C\CCCCCCCC(=O)N[C@H](CO[P+](O)(O)O)Cc1ccc(I)cc1. The molecule has 35 heavy (non-hydrogen) atoms. The van der Waals surface area contributed by atoms with Gasteiger partial charge in [-0.05, 0) is 78.8 Å². The van der Waals surface area contributed by atoms with Crippen LogP contribution in [0.15, 0.2) is 36.4 Å². The molecule has 0 aliphatic rings. The number of halogens is 1. The zero-order valence-corrected chi connectivity index (χ0v) is 24.4. The number of nitrogens with one attached hydrogen (secondary N) is 1. The molecular formula is C27H46INO5P+. The molecule has 0 aliphatic carbocycles. The van der Waals surface area contributed by atoms with Crippen LogP contribution in [-0.2, 0) is 15.7 Å². The largest absolute Gasteiger partial charge is 0.567 e. The van der Waals surface area contributed by atoms with E-state index in [0.717, 1.165) is 34.8 Å². The summed E-state index contributed by atoms with van der Waals surface area (Å²) in [4.78, 5) is 39.8. The number of allylic oxidation sites excluding steroid dienone is 2. The van der Waals surface area contributed by atoms with Crippen molar-refractivity contribution in [1.29, 1.82) is 0 Å². The van der Waals surface area contributed by atoms with Gasteiger partial charge in [0, 0.05) is 9.99 Å². The zero-order chi connectivity index (χ0) is 25.8. The number of hydrogen-bond donors (Lipinski definition) is 4. The third-order valence-electron chi connectivity index (χ3n) is 5.88. The highest BCUT2D eigenvalue weighted by Gasteiger charge is 2.34. The number of carbonyl (C=O) groups is 1. The summed E-state index contributed by atoms with van der Waals surface area (Å²) in [5, 5.41) is 2.91. The molecule has 4 N–H and O–H groups in total. The Kier molecular flexibility index (Phi) is 19.0. The summed E-state index contributed by atoms with van der Waals surface area (Å²) in [5.74, 6) is -0.0838. The van der Waals surface area contributed by atoms with E-state index in [1.54, 1.807) is 0 Å². The first-order valence-corrected chi connectivity index (χ1v) is 15.8. The Balaban J connectivity index is 2.15. The topological polar surface area (TPSA) is 99.0 Å². The molecular weight excluding hydrogens is 576 g/mol. The highest BCUT2D eigenvalue weighted by atomic mass is 127. The summed E-state index contributed by atoms with van der Waals surface area (Å²) in [6.07, 6.45) is 21.3. The van der Waals surface area contributed by atoms with Gasteiger partial charge in [0.2, 0.25) is 5.91 Å². The predicted molar refractivity (Wildman–Crippen MR) is 154 cm³/mol. The van der Waals surface area contributed by atoms with Crippen molar-refractivity contribution in [1.82, 2.24) is 5.32 Å². The van der Waals surface area contributed by atoms with Crippen LogP contribution in [0.25, 0.3) is 0 Å². The summed E-state index contributed by atoms with van der Waals surface area (Å²) >= 11 is 2.22. The molecule has 0 radical (unpaired) electrons. The van der Waals surface area contributed by atoms with Crippen molar-refractivity contribution in [3.8, 4) is 0 Å². The molecule has 1 rings (SSSR count). The monoisotopic (exact) mass is 622 g/mol. The van der Waals surface area contributed by atoms with E-state index in [1.165, 1.54) is 57.8 Å². The van der Waals surface area contributed by atoms with E-state index < -0.39 is 14.2 Å². The van der Waals surface area contributed by atoms with Crippen molar-refractivity contribution in [2.75, 3.05) is 6.61 Å². The molecule has 0 saturated carbocycles. The van der Waals surface area contributed by atoms with Gasteiger partial charge in [0.15, 0.2) is 0 Å². The van der Waals surface area contributed by atoms with Crippen LogP contribution < -0.4 is 5.32 Å². The summed E-state index contributed by atoms with van der Waals surface area (Å²) in [6, 6.07) is 7.43. The van der Waals surface area contributed by atoms with E-state index in [4.69, 9.17) is 19.2 Å². The van der Waals surface area contributed by atoms with Crippen molar-refractivity contribution in [2.45, 2.75) is 109 Å². The Morgan fingerprint density at radius 3 is 2.03 bits per heavy atom. The summed E-state index contributed by atoms with van der Waals surface area (Å²) in [5.41, 5.74) is 0.998. The molecule has 8 heteroatoms. The minimum atomic E-state index is -4.34. The van der Waals surface area contributed by atoms with E-state index in [1.807, 2.05) is 24.3 Å². The first-order valence-electron chi connectivity index (χ1n) is 13.2. The van der Waals surface area contributed by atoms with Gasteiger partial charge in [-0.3, -0.25) is 4.79 Å². The summed E-state index contributed by atoms with van der Waals surface area (Å²) in [6.45, 7) is 2.09. The van der Waals surface area contributed by atoms with Crippen molar-refractivity contribution < 1.29 is 24.0 Å². The van der Waals surface area contributed by atoms with E-state index in [9.17, 15) is 4.79 Å². The van der Waals surface area contributed by atoms with Gasteiger partial charge >= 0.3 is 8.17 Å². The minimum Gasteiger partial charge on any atom is -0.351 e. The van der Waals surface area contributed by atoms with E-state index in [0.29, 0.717) is 12.8 Å². The fraction of sp³-hybridized carbons (Fsp3) is 0.667. The number of carbonyl (C=O) groups excluding carboxylic acids is 1. The van der Waals surface area contributed by atoms with Crippen molar-refractivity contribution in [2.24, 2.45) is 0 Å². The van der Waals surface area contributed by atoms with Crippen LogP contribution in [0.3, 0.4) is 0 Å². The van der Waals surface area contributed by atoms with E-state index >= 15 is 0 Å². The Morgan fingerprint density at radius 1 is 0.914 bits per heavy atom. The fourth-order valence-corrected chi connectivity index (χ4v) is 4.64. The predicted octanol–water partition coefficient (Wildman–Crippen LogP) is 7.03. The Bertz CT molecular complexity index is 694. The zero-order valence-electron chi connectivity index (χ0n) is 21.3. The van der Waals surface area contributed by atoms with Gasteiger partial charge in [0.1, 0.15) is 6.61 Å². The molecule has 0 fully saturated rings. The normalized spacial score (nSPS) is 12.8. The maximum atomic E-state index is 12.4. The quantitative estimate of drug-likeness (QED) is 0.0511. The molecule has 0 aliphatic heterocycles. The van der Waals surface area contributed by atoms with E-state index in [2.05, 4.69) is 47.0 Å². The van der Waals surface area contributed by atoms with Crippen LogP contribution in [-0.4, -0.2) is 33.2 Å². The van der Waals surface area contributed by atoms with Gasteiger partial charge in [-0.25, -0.2) is 0 Å². The molecule has 0 bridgehead atoms. The first kappa shape index (κ1) is 32.5. The molecule has 1 aromatic carbocycles. The van der Waals surface area contributed by atoms with Crippen LogP contribution in [0.5, 0.6) is 0 Å². The number of unbranched alkanes of at least 4 members (excludes halogenated alkanes) is 11.